The van der Waals surface area contributed by atoms with Crippen molar-refractivity contribution in [1.29, 1.82) is 0 Å². The number of hydrogen-bond acceptors (Lipinski definition) is 3. The quantitative estimate of drug-likeness (QED) is 0.740. The van der Waals surface area contributed by atoms with Crippen LogP contribution in [0.1, 0.15) is 16.8 Å². The lowest BCUT2D eigenvalue weighted by Crippen LogP contribution is -2.34. The van der Waals surface area contributed by atoms with Crippen molar-refractivity contribution in [1.82, 2.24) is 10.2 Å². The molecule has 0 unspecified atom stereocenters. The van der Waals surface area contributed by atoms with Gasteiger partial charge in [-0.05, 0) is 11.4 Å². The van der Waals surface area contributed by atoms with Crippen molar-refractivity contribution in [3.8, 4) is 0 Å². The van der Waals surface area contributed by atoms with Crippen LogP contribution in [0.15, 0.2) is 42.1 Å². The molecule has 5 heteroatoms. The summed E-state index contributed by atoms with van der Waals surface area (Å²) in [6, 6.07) is 1.75. The third-order valence-corrected chi connectivity index (χ3v) is 3.14. The summed E-state index contributed by atoms with van der Waals surface area (Å²) in [6.07, 6.45) is 3.62. The number of rotatable bonds is 8. The molecule has 19 heavy (non-hydrogen) atoms. The fourth-order valence-electron chi connectivity index (χ4n) is 1.53. The summed E-state index contributed by atoms with van der Waals surface area (Å²) in [6.45, 7) is 8.53. The molecule has 0 aliphatic carbocycles. The molecule has 102 valence electrons. The molecule has 2 amide bonds. The minimum atomic E-state index is -0.145. The van der Waals surface area contributed by atoms with Gasteiger partial charge in [0, 0.05) is 37.0 Å². The molecule has 0 atom stereocenters. The Bertz CT molecular complexity index is 430. The van der Waals surface area contributed by atoms with E-state index in [0.29, 0.717) is 25.2 Å². The Labute approximate surface area is 117 Å². The van der Waals surface area contributed by atoms with Gasteiger partial charge >= 0.3 is 0 Å². The van der Waals surface area contributed by atoms with Crippen molar-refractivity contribution >= 4 is 23.2 Å². The van der Waals surface area contributed by atoms with Gasteiger partial charge < -0.3 is 10.2 Å². The Hall–Kier alpha value is -1.88. The van der Waals surface area contributed by atoms with Crippen LogP contribution in [0.5, 0.6) is 0 Å². The molecule has 1 aromatic rings. The summed E-state index contributed by atoms with van der Waals surface area (Å²) < 4.78 is 0. The first-order valence-electron chi connectivity index (χ1n) is 5.99. The van der Waals surface area contributed by atoms with E-state index in [2.05, 4.69) is 18.5 Å². The second-order valence-electron chi connectivity index (χ2n) is 3.89. The highest BCUT2D eigenvalue weighted by molar-refractivity contribution is 7.08. The predicted octanol–water partition coefficient (Wildman–Crippen LogP) is 2.07. The minimum Gasteiger partial charge on any atom is -0.351 e. The Morgan fingerprint density at radius 1 is 1.32 bits per heavy atom. The van der Waals surface area contributed by atoms with E-state index in [1.807, 2.05) is 5.38 Å². The zero-order valence-electron chi connectivity index (χ0n) is 10.8. The topological polar surface area (TPSA) is 49.4 Å². The molecule has 0 aliphatic heterocycles. The van der Waals surface area contributed by atoms with E-state index < -0.39 is 0 Å². The summed E-state index contributed by atoms with van der Waals surface area (Å²) >= 11 is 1.47. The molecule has 1 aromatic heterocycles. The van der Waals surface area contributed by atoms with Crippen molar-refractivity contribution in [2.75, 3.05) is 19.6 Å². The average molecular weight is 278 g/mol. The van der Waals surface area contributed by atoms with Gasteiger partial charge in [0.1, 0.15) is 0 Å². The van der Waals surface area contributed by atoms with Crippen LogP contribution >= 0.6 is 11.3 Å². The van der Waals surface area contributed by atoms with Crippen LogP contribution in [0.25, 0.3) is 0 Å². The van der Waals surface area contributed by atoms with Gasteiger partial charge in [-0.25, -0.2) is 0 Å². The Balaban J connectivity index is 2.34. The zero-order valence-corrected chi connectivity index (χ0v) is 11.6. The summed E-state index contributed by atoms with van der Waals surface area (Å²) in [7, 11) is 0. The van der Waals surface area contributed by atoms with Gasteiger partial charge in [-0.2, -0.15) is 11.3 Å². The molecular weight excluding hydrogens is 260 g/mol. The molecule has 0 aliphatic rings. The van der Waals surface area contributed by atoms with Gasteiger partial charge in [0.25, 0.3) is 5.91 Å². The molecule has 0 fully saturated rings. The van der Waals surface area contributed by atoms with E-state index in [-0.39, 0.29) is 18.2 Å². The van der Waals surface area contributed by atoms with Gasteiger partial charge in [0.15, 0.2) is 0 Å². The number of thiophene rings is 1. The molecule has 0 bridgehead atoms. The van der Waals surface area contributed by atoms with Crippen LogP contribution in [-0.4, -0.2) is 36.3 Å². The third-order valence-electron chi connectivity index (χ3n) is 2.46. The molecular formula is C14H18N2O2S. The maximum atomic E-state index is 11.9. The SMILES string of the molecule is C=CCN(CC=C)C(=O)CCNC(=O)c1ccsc1. The van der Waals surface area contributed by atoms with Crippen LogP contribution in [0.2, 0.25) is 0 Å². The third kappa shape index (κ3) is 5.09. The lowest BCUT2D eigenvalue weighted by Gasteiger charge is -2.19. The van der Waals surface area contributed by atoms with Crippen LogP contribution in [0, 0.1) is 0 Å². The van der Waals surface area contributed by atoms with Crippen LogP contribution < -0.4 is 5.32 Å². The first kappa shape index (κ1) is 15.2. The molecule has 1 heterocycles. The standard InChI is InChI=1S/C14H18N2O2S/c1-3-8-16(9-4-2)13(17)5-7-15-14(18)12-6-10-19-11-12/h3-4,6,10-11H,1-2,5,7-9H2,(H,15,18). The zero-order chi connectivity index (χ0) is 14.1. The van der Waals surface area contributed by atoms with Crippen molar-refractivity contribution in [3.63, 3.8) is 0 Å². The Morgan fingerprint density at radius 2 is 2.00 bits per heavy atom. The van der Waals surface area contributed by atoms with Gasteiger partial charge in [0.05, 0.1) is 0 Å². The fourth-order valence-corrected chi connectivity index (χ4v) is 2.16. The molecule has 0 aromatic carbocycles. The monoisotopic (exact) mass is 278 g/mol. The molecule has 4 nitrogen and oxygen atoms in total. The number of hydrogen-bond donors (Lipinski definition) is 1. The van der Waals surface area contributed by atoms with Crippen LogP contribution in [0.3, 0.4) is 0 Å². The van der Waals surface area contributed by atoms with Crippen molar-refractivity contribution in [3.05, 3.63) is 47.7 Å². The second-order valence-corrected chi connectivity index (χ2v) is 4.67. The van der Waals surface area contributed by atoms with E-state index in [1.165, 1.54) is 11.3 Å². The Morgan fingerprint density at radius 3 is 2.53 bits per heavy atom. The van der Waals surface area contributed by atoms with Crippen LogP contribution in [0.4, 0.5) is 0 Å². The van der Waals surface area contributed by atoms with Gasteiger partial charge in [-0.15, -0.1) is 13.2 Å². The predicted molar refractivity (Wildman–Crippen MR) is 78.2 cm³/mol. The van der Waals surface area contributed by atoms with Gasteiger partial charge in [-0.1, -0.05) is 12.2 Å². The lowest BCUT2D eigenvalue weighted by molar-refractivity contribution is -0.130. The molecule has 0 saturated carbocycles. The molecule has 0 spiro atoms. The number of carbonyl (C=O) groups excluding carboxylic acids is 2. The maximum absolute atomic E-state index is 11.9. The van der Waals surface area contributed by atoms with E-state index in [1.54, 1.807) is 28.5 Å². The first-order valence-corrected chi connectivity index (χ1v) is 6.93. The van der Waals surface area contributed by atoms with Crippen LogP contribution in [-0.2, 0) is 4.79 Å². The average Bonchev–Trinajstić information content (AvgIpc) is 2.92. The molecule has 0 saturated heterocycles. The highest BCUT2D eigenvalue weighted by atomic mass is 32.1. The molecule has 0 radical (unpaired) electrons. The van der Waals surface area contributed by atoms with Crippen molar-refractivity contribution < 1.29 is 9.59 Å². The number of nitrogens with zero attached hydrogens (tertiary/aromatic N) is 1. The summed E-state index contributed by atoms with van der Waals surface area (Å²) in [5.41, 5.74) is 0.631. The smallest absolute Gasteiger partial charge is 0.252 e. The van der Waals surface area contributed by atoms with Gasteiger partial charge in [0.2, 0.25) is 5.91 Å². The summed E-state index contributed by atoms with van der Waals surface area (Å²) in [4.78, 5) is 25.2. The van der Waals surface area contributed by atoms with E-state index in [0.717, 1.165) is 0 Å². The molecule has 1 rings (SSSR count). The highest BCUT2D eigenvalue weighted by Crippen LogP contribution is 2.05. The largest absolute Gasteiger partial charge is 0.351 e. The van der Waals surface area contributed by atoms with Gasteiger partial charge in [-0.3, -0.25) is 9.59 Å². The number of nitrogens with one attached hydrogen (secondary N) is 1. The van der Waals surface area contributed by atoms with E-state index >= 15 is 0 Å². The first-order chi connectivity index (χ1) is 9.19. The number of amides is 2. The summed E-state index contributed by atoms with van der Waals surface area (Å²) in [5.74, 6) is -0.168. The highest BCUT2D eigenvalue weighted by Gasteiger charge is 2.11. The normalized spacial score (nSPS) is 9.68. The van der Waals surface area contributed by atoms with Crippen molar-refractivity contribution in [2.24, 2.45) is 0 Å². The number of carbonyl (C=O) groups is 2. The summed E-state index contributed by atoms with van der Waals surface area (Å²) in [5, 5.41) is 6.34. The minimum absolute atomic E-state index is 0.0228. The maximum Gasteiger partial charge on any atom is 0.252 e. The fraction of sp³-hybridized carbons (Fsp3) is 0.286. The van der Waals surface area contributed by atoms with E-state index in [9.17, 15) is 9.59 Å². The van der Waals surface area contributed by atoms with Crippen molar-refractivity contribution in [2.45, 2.75) is 6.42 Å². The lowest BCUT2D eigenvalue weighted by atomic mass is 10.3. The molecule has 1 N–H and O–H groups in total. The Kier molecular flexibility index (Phi) is 6.60. The second kappa shape index (κ2) is 8.26. The van der Waals surface area contributed by atoms with E-state index in [4.69, 9.17) is 0 Å².